The maximum Gasteiger partial charge on any atom is 0.314 e. The molecular weight excluding hydrogens is 228 g/mol. The van der Waals surface area contributed by atoms with Gasteiger partial charge in [-0.05, 0) is 24.6 Å². The van der Waals surface area contributed by atoms with Gasteiger partial charge in [-0.2, -0.15) is 0 Å². The highest BCUT2D eigenvalue weighted by Crippen LogP contribution is 2.22. The molecule has 1 heterocycles. The van der Waals surface area contributed by atoms with Crippen molar-refractivity contribution in [1.29, 1.82) is 0 Å². The molecule has 0 spiro atoms. The van der Waals surface area contributed by atoms with E-state index >= 15 is 0 Å². The van der Waals surface area contributed by atoms with Crippen LogP contribution < -0.4 is 0 Å². The van der Waals surface area contributed by atoms with Crippen molar-refractivity contribution in [3.05, 3.63) is 29.0 Å². The highest BCUT2D eigenvalue weighted by molar-refractivity contribution is 6.31. The third-order valence-corrected chi connectivity index (χ3v) is 2.73. The highest BCUT2D eigenvalue weighted by atomic mass is 35.5. The van der Waals surface area contributed by atoms with E-state index in [0.717, 1.165) is 11.0 Å². The van der Waals surface area contributed by atoms with Gasteiger partial charge in [-0.25, -0.2) is 4.98 Å². The molecule has 0 fully saturated rings. The zero-order valence-corrected chi connectivity index (χ0v) is 9.45. The fraction of sp³-hybridized carbons (Fsp3) is 0.273. The zero-order valence-electron chi connectivity index (χ0n) is 8.70. The number of aromatic nitrogens is 2. The van der Waals surface area contributed by atoms with Gasteiger partial charge in [0.05, 0.1) is 11.0 Å². The van der Waals surface area contributed by atoms with E-state index in [4.69, 9.17) is 16.7 Å². The van der Waals surface area contributed by atoms with E-state index in [0.29, 0.717) is 17.3 Å². The zero-order chi connectivity index (χ0) is 11.7. The summed E-state index contributed by atoms with van der Waals surface area (Å²) in [6.07, 6.45) is 0.503. The highest BCUT2D eigenvalue weighted by Gasteiger charge is 2.21. The SMILES string of the molecule is CCC(C(=O)O)c1nc2ccc(Cl)cc2[nH]1. The van der Waals surface area contributed by atoms with Gasteiger partial charge < -0.3 is 10.1 Å². The number of nitrogens with zero attached hydrogens (tertiary/aromatic N) is 1. The van der Waals surface area contributed by atoms with Crippen molar-refractivity contribution in [3.63, 3.8) is 0 Å². The molecule has 0 saturated carbocycles. The van der Waals surface area contributed by atoms with Crippen LogP contribution in [0.15, 0.2) is 18.2 Å². The topological polar surface area (TPSA) is 66.0 Å². The molecule has 1 aromatic carbocycles. The first-order valence-electron chi connectivity index (χ1n) is 4.99. The van der Waals surface area contributed by atoms with E-state index in [1.54, 1.807) is 18.2 Å². The number of aromatic amines is 1. The second-order valence-corrected chi connectivity index (χ2v) is 4.02. The van der Waals surface area contributed by atoms with Crippen LogP contribution in [0.25, 0.3) is 11.0 Å². The predicted molar refractivity (Wildman–Crippen MR) is 61.8 cm³/mol. The number of aliphatic carboxylic acids is 1. The number of benzene rings is 1. The molecule has 84 valence electrons. The molecule has 1 unspecified atom stereocenters. The van der Waals surface area contributed by atoms with Gasteiger partial charge in [0.1, 0.15) is 11.7 Å². The minimum atomic E-state index is -0.868. The molecule has 1 atom stereocenters. The van der Waals surface area contributed by atoms with Gasteiger partial charge in [-0.15, -0.1) is 0 Å². The number of imidazole rings is 1. The normalized spacial score (nSPS) is 12.9. The second-order valence-electron chi connectivity index (χ2n) is 3.58. The van der Waals surface area contributed by atoms with Crippen LogP contribution in [-0.4, -0.2) is 21.0 Å². The first kappa shape index (κ1) is 11.0. The molecule has 0 aliphatic carbocycles. The molecule has 0 aliphatic rings. The Bertz CT molecular complexity index is 536. The fourth-order valence-electron chi connectivity index (χ4n) is 1.65. The molecule has 5 heteroatoms. The van der Waals surface area contributed by atoms with Gasteiger partial charge in [0.15, 0.2) is 0 Å². The first-order chi connectivity index (χ1) is 7.61. The molecule has 0 bridgehead atoms. The van der Waals surface area contributed by atoms with E-state index in [9.17, 15) is 4.79 Å². The van der Waals surface area contributed by atoms with Gasteiger partial charge in [0.2, 0.25) is 0 Å². The van der Waals surface area contributed by atoms with Crippen molar-refractivity contribution in [3.8, 4) is 0 Å². The number of H-pyrrole nitrogens is 1. The van der Waals surface area contributed by atoms with Crippen LogP contribution in [0.1, 0.15) is 25.1 Å². The summed E-state index contributed by atoms with van der Waals surface area (Å²) in [7, 11) is 0. The number of carboxylic acid groups (broad SMARTS) is 1. The molecule has 2 aromatic rings. The summed E-state index contributed by atoms with van der Waals surface area (Å²) in [4.78, 5) is 18.2. The predicted octanol–water partition coefficient (Wildman–Crippen LogP) is 2.79. The van der Waals surface area contributed by atoms with Crippen LogP contribution in [0.2, 0.25) is 5.02 Å². The molecular formula is C11H11ClN2O2. The molecule has 0 aliphatic heterocycles. The van der Waals surface area contributed by atoms with Gasteiger partial charge >= 0.3 is 5.97 Å². The number of nitrogens with one attached hydrogen (secondary N) is 1. The molecule has 0 radical (unpaired) electrons. The quantitative estimate of drug-likeness (QED) is 0.864. The third-order valence-electron chi connectivity index (χ3n) is 2.50. The van der Waals surface area contributed by atoms with E-state index < -0.39 is 11.9 Å². The lowest BCUT2D eigenvalue weighted by atomic mass is 10.1. The van der Waals surface area contributed by atoms with Crippen molar-refractivity contribution in [2.45, 2.75) is 19.3 Å². The van der Waals surface area contributed by atoms with E-state index in [1.807, 2.05) is 6.92 Å². The molecule has 2 N–H and O–H groups in total. The standard InChI is InChI=1S/C11H11ClN2O2/c1-2-7(11(15)16)10-13-8-4-3-6(12)5-9(8)14-10/h3-5,7H,2H2,1H3,(H,13,14)(H,15,16). The summed E-state index contributed by atoms with van der Waals surface area (Å²) < 4.78 is 0. The van der Waals surface area contributed by atoms with E-state index in [-0.39, 0.29) is 0 Å². The van der Waals surface area contributed by atoms with Gasteiger partial charge in [-0.3, -0.25) is 4.79 Å². The summed E-state index contributed by atoms with van der Waals surface area (Å²) in [5, 5.41) is 9.62. The lowest BCUT2D eigenvalue weighted by Gasteiger charge is -2.04. The summed E-state index contributed by atoms with van der Waals surface area (Å²) in [5.74, 6) is -0.980. The Kier molecular flexibility index (Phi) is 2.83. The van der Waals surface area contributed by atoms with Gasteiger partial charge in [0.25, 0.3) is 0 Å². The number of hydrogen-bond acceptors (Lipinski definition) is 2. The van der Waals surface area contributed by atoms with Crippen molar-refractivity contribution in [1.82, 2.24) is 9.97 Å². The Morgan fingerprint density at radius 2 is 2.38 bits per heavy atom. The Hall–Kier alpha value is -1.55. The van der Waals surface area contributed by atoms with Gasteiger partial charge in [0, 0.05) is 5.02 Å². The summed E-state index contributed by atoms with van der Waals surface area (Å²) >= 11 is 5.84. The summed E-state index contributed by atoms with van der Waals surface area (Å²) in [5.41, 5.74) is 1.50. The maximum absolute atomic E-state index is 11.0. The molecule has 0 saturated heterocycles. The Balaban J connectivity index is 2.49. The van der Waals surface area contributed by atoms with Crippen molar-refractivity contribution in [2.75, 3.05) is 0 Å². The smallest absolute Gasteiger partial charge is 0.314 e. The Labute approximate surface area is 97.3 Å². The molecule has 1 aromatic heterocycles. The van der Waals surface area contributed by atoms with E-state index in [1.165, 1.54) is 0 Å². The Morgan fingerprint density at radius 3 is 3.00 bits per heavy atom. The van der Waals surface area contributed by atoms with Gasteiger partial charge in [-0.1, -0.05) is 18.5 Å². The van der Waals surface area contributed by atoms with Crippen molar-refractivity contribution in [2.24, 2.45) is 0 Å². The average molecular weight is 239 g/mol. The maximum atomic E-state index is 11.0. The number of hydrogen-bond donors (Lipinski definition) is 2. The lowest BCUT2D eigenvalue weighted by Crippen LogP contribution is -2.11. The molecule has 4 nitrogen and oxygen atoms in total. The number of fused-ring (bicyclic) bond motifs is 1. The van der Waals surface area contributed by atoms with Crippen molar-refractivity contribution < 1.29 is 9.90 Å². The van der Waals surface area contributed by atoms with Crippen LogP contribution in [0.3, 0.4) is 0 Å². The first-order valence-corrected chi connectivity index (χ1v) is 5.37. The largest absolute Gasteiger partial charge is 0.481 e. The minimum absolute atomic E-state index is 0.479. The van der Waals surface area contributed by atoms with Crippen LogP contribution >= 0.6 is 11.6 Å². The molecule has 16 heavy (non-hydrogen) atoms. The summed E-state index contributed by atoms with van der Waals surface area (Å²) in [6, 6.07) is 5.24. The van der Waals surface area contributed by atoms with Crippen LogP contribution in [0.4, 0.5) is 0 Å². The van der Waals surface area contributed by atoms with Crippen molar-refractivity contribution >= 4 is 28.6 Å². The third kappa shape index (κ3) is 1.88. The Morgan fingerprint density at radius 1 is 1.62 bits per heavy atom. The minimum Gasteiger partial charge on any atom is -0.481 e. The number of halogens is 1. The van der Waals surface area contributed by atoms with Crippen LogP contribution in [-0.2, 0) is 4.79 Å². The fourth-order valence-corrected chi connectivity index (χ4v) is 1.82. The second kappa shape index (κ2) is 4.14. The van der Waals surface area contributed by atoms with E-state index in [2.05, 4.69) is 9.97 Å². The summed E-state index contributed by atoms with van der Waals surface area (Å²) in [6.45, 7) is 1.82. The molecule has 2 rings (SSSR count). The van der Waals surface area contributed by atoms with Crippen LogP contribution in [0.5, 0.6) is 0 Å². The lowest BCUT2D eigenvalue weighted by molar-refractivity contribution is -0.139. The number of rotatable bonds is 3. The monoisotopic (exact) mass is 238 g/mol. The number of carboxylic acids is 1. The molecule has 0 amide bonds. The average Bonchev–Trinajstić information content (AvgIpc) is 2.60. The number of carbonyl (C=O) groups is 1. The van der Waals surface area contributed by atoms with Crippen LogP contribution in [0, 0.1) is 0 Å².